The Morgan fingerprint density at radius 2 is 2.20 bits per heavy atom. The predicted octanol–water partition coefficient (Wildman–Crippen LogP) is 2.17. The van der Waals surface area contributed by atoms with Gasteiger partial charge in [-0.1, -0.05) is 6.07 Å². The summed E-state index contributed by atoms with van der Waals surface area (Å²) in [4.78, 5) is 25.9. The Kier molecular flexibility index (Phi) is 3.97. The van der Waals surface area contributed by atoms with Crippen LogP contribution in [0.3, 0.4) is 0 Å². The highest BCUT2D eigenvalue weighted by molar-refractivity contribution is 5.92. The summed E-state index contributed by atoms with van der Waals surface area (Å²) in [6.45, 7) is 1.88. The lowest BCUT2D eigenvalue weighted by Crippen LogP contribution is -2.32. The smallest absolute Gasteiger partial charge is 0.270 e. The van der Waals surface area contributed by atoms with E-state index >= 15 is 0 Å². The average molecular weight is 334 g/mol. The zero-order valence-electron chi connectivity index (χ0n) is 13.9. The molecule has 0 radical (unpaired) electrons. The van der Waals surface area contributed by atoms with Gasteiger partial charge >= 0.3 is 0 Å². The van der Waals surface area contributed by atoms with Gasteiger partial charge in [0.2, 0.25) is 0 Å². The largest absolute Gasteiger partial charge is 0.344 e. The van der Waals surface area contributed by atoms with Crippen LogP contribution in [-0.2, 0) is 6.42 Å². The second-order valence-corrected chi connectivity index (χ2v) is 6.07. The molecular weight excluding hydrogens is 316 g/mol. The molecule has 0 aromatic carbocycles. The summed E-state index contributed by atoms with van der Waals surface area (Å²) in [6.07, 6.45) is 8.10. The topological polar surface area (TPSA) is 85.6 Å². The van der Waals surface area contributed by atoms with Crippen LogP contribution in [0.1, 0.15) is 46.5 Å². The normalized spacial score (nSPS) is 16.3. The number of aryl methyl sites for hydroxylation is 2. The molecule has 0 bridgehead atoms. The zero-order chi connectivity index (χ0) is 17.2. The standard InChI is InChI=1S/C18H18N6O/c1-12-19-11-13-14(21-12)5-2-6-15(13)23-18(25)16-7-3-8-17(22-16)24-10-4-9-20-24/h3-4,7-11,15H,2,5-6H2,1H3,(H,23,25)/t15-/m0/s1. The van der Waals surface area contributed by atoms with E-state index in [-0.39, 0.29) is 11.9 Å². The van der Waals surface area contributed by atoms with Gasteiger partial charge in [0.1, 0.15) is 11.5 Å². The van der Waals surface area contributed by atoms with E-state index in [2.05, 4.69) is 25.4 Å². The molecule has 25 heavy (non-hydrogen) atoms. The van der Waals surface area contributed by atoms with E-state index in [1.165, 1.54) is 0 Å². The number of rotatable bonds is 3. The van der Waals surface area contributed by atoms with Crippen molar-refractivity contribution in [1.82, 2.24) is 30.0 Å². The minimum absolute atomic E-state index is 0.0768. The number of nitrogens with zero attached hydrogens (tertiary/aromatic N) is 5. The molecule has 1 N–H and O–H groups in total. The fourth-order valence-corrected chi connectivity index (χ4v) is 3.11. The van der Waals surface area contributed by atoms with Gasteiger partial charge in [-0.2, -0.15) is 5.10 Å². The quantitative estimate of drug-likeness (QED) is 0.793. The van der Waals surface area contributed by atoms with Crippen LogP contribution in [0.2, 0.25) is 0 Å². The lowest BCUT2D eigenvalue weighted by molar-refractivity contribution is 0.0927. The van der Waals surface area contributed by atoms with E-state index in [9.17, 15) is 4.79 Å². The van der Waals surface area contributed by atoms with Crippen molar-refractivity contribution in [3.63, 3.8) is 0 Å². The van der Waals surface area contributed by atoms with Crippen molar-refractivity contribution in [3.8, 4) is 5.82 Å². The second kappa shape index (κ2) is 6.43. The summed E-state index contributed by atoms with van der Waals surface area (Å²) in [6, 6.07) is 7.07. The van der Waals surface area contributed by atoms with E-state index in [1.807, 2.05) is 25.3 Å². The molecule has 0 saturated carbocycles. The first-order valence-electron chi connectivity index (χ1n) is 8.31. The first kappa shape index (κ1) is 15.4. The third kappa shape index (κ3) is 3.13. The Hall–Kier alpha value is -3.09. The van der Waals surface area contributed by atoms with Crippen LogP contribution >= 0.6 is 0 Å². The van der Waals surface area contributed by atoms with Crippen molar-refractivity contribution < 1.29 is 4.79 Å². The molecule has 7 nitrogen and oxygen atoms in total. The second-order valence-electron chi connectivity index (χ2n) is 6.07. The first-order valence-corrected chi connectivity index (χ1v) is 8.31. The molecule has 0 spiro atoms. The molecule has 7 heteroatoms. The van der Waals surface area contributed by atoms with Crippen molar-refractivity contribution in [2.75, 3.05) is 0 Å². The van der Waals surface area contributed by atoms with Crippen molar-refractivity contribution >= 4 is 5.91 Å². The van der Waals surface area contributed by atoms with Gasteiger partial charge < -0.3 is 5.32 Å². The van der Waals surface area contributed by atoms with Gasteiger partial charge in [0.25, 0.3) is 5.91 Å². The Labute approximate surface area is 145 Å². The lowest BCUT2D eigenvalue weighted by atomic mass is 9.92. The molecule has 1 aliphatic rings. The molecular formula is C18H18N6O. The van der Waals surface area contributed by atoms with E-state index in [1.54, 1.807) is 29.2 Å². The average Bonchev–Trinajstić information content (AvgIpc) is 3.16. The highest BCUT2D eigenvalue weighted by Gasteiger charge is 2.24. The third-order valence-electron chi connectivity index (χ3n) is 4.31. The number of carbonyl (C=O) groups is 1. The molecule has 1 aliphatic carbocycles. The monoisotopic (exact) mass is 334 g/mol. The van der Waals surface area contributed by atoms with Crippen LogP contribution in [0.25, 0.3) is 5.82 Å². The summed E-state index contributed by atoms with van der Waals surface area (Å²) in [5.74, 6) is 1.17. The van der Waals surface area contributed by atoms with Crippen LogP contribution in [0.4, 0.5) is 0 Å². The number of hydrogen-bond donors (Lipinski definition) is 1. The molecule has 126 valence electrons. The molecule has 0 fully saturated rings. The fraction of sp³-hybridized carbons (Fsp3) is 0.278. The Balaban J connectivity index is 1.56. The molecule has 3 aromatic rings. The van der Waals surface area contributed by atoms with Crippen molar-refractivity contribution in [1.29, 1.82) is 0 Å². The van der Waals surface area contributed by atoms with E-state index in [0.29, 0.717) is 11.5 Å². The number of aromatic nitrogens is 5. The molecule has 1 atom stereocenters. The highest BCUT2D eigenvalue weighted by atomic mass is 16.1. The Morgan fingerprint density at radius 3 is 3.04 bits per heavy atom. The maximum atomic E-state index is 12.7. The minimum Gasteiger partial charge on any atom is -0.344 e. The van der Waals surface area contributed by atoms with Crippen LogP contribution in [-0.4, -0.2) is 30.6 Å². The number of pyridine rings is 1. The highest BCUT2D eigenvalue weighted by Crippen LogP contribution is 2.28. The maximum Gasteiger partial charge on any atom is 0.270 e. The zero-order valence-corrected chi connectivity index (χ0v) is 13.9. The molecule has 0 unspecified atom stereocenters. The number of nitrogens with one attached hydrogen (secondary N) is 1. The van der Waals surface area contributed by atoms with Gasteiger partial charge in [-0.15, -0.1) is 0 Å². The molecule has 3 heterocycles. The van der Waals surface area contributed by atoms with Crippen molar-refractivity contribution in [3.05, 3.63) is 65.6 Å². The maximum absolute atomic E-state index is 12.7. The van der Waals surface area contributed by atoms with Crippen molar-refractivity contribution in [2.45, 2.75) is 32.2 Å². The van der Waals surface area contributed by atoms with E-state index in [4.69, 9.17) is 0 Å². The fourth-order valence-electron chi connectivity index (χ4n) is 3.11. The van der Waals surface area contributed by atoms with Crippen LogP contribution in [0, 0.1) is 6.92 Å². The first-order chi connectivity index (χ1) is 12.2. The molecule has 0 saturated heterocycles. The summed E-state index contributed by atoms with van der Waals surface area (Å²) < 4.78 is 1.63. The van der Waals surface area contributed by atoms with Crippen LogP contribution < -0.4 is 5.32 Å². The minimum atomic E-state index is -0.201. The number of hydrogen-bond acceptors (Lipinski definition) is 5. The lowest BCUT2D eigenvalue weighted by Gasteiger charge is -2.25. The molecule has 1 amide bonds. The summed E-state index contributed by atoms with van der Waals surface area (Å²) in [5.41, 5.74) is 2.41. The van der Waals surface area contributed by atoms with E-state index in [0.717, 1.165) is 36.3 Å². The SMILES string of the molecule is Cc1ncc2c(n1)CCC[C@@H]2NC(=O)c1cccc(-n2cccn2)n1. The molecule has 0 aliphatic heterocycles. The molecule has 4 rings (SSSR count). The summed E-state index contributed by atoms with van der Waals surface area (Å²) >= 11 is 0. The summed E-state index contributed by atoms with van der Waals surface area (Å²) in [7, 11) is 0. The van der Waals surface area contributed by atoms with Gasteiger partial charge in [0, 0.05) is 29.8 Å². The van der Waals surface area contributed by atoms with E-state index < -0.39 is 0 Å². The number of amides is 1. The third-order valence-corrected chi connectivity index (χ3v) is 4.31. The Morgan fingerprint density at radius 1 is 1.28 bits per heavy atom. The summed E-state index contributed by atoms with van der Waals surface area (Å²) in [5, 5.41) is 7.22. The number of carbonyl (C=O) groups excluding carboxylic acids is 1. The van der Waals surface area contributed by atoms with Crippen LogP contribution in [0.5, 0.6) is 0 Å². The van der Waals surface area contributed by atoms with Crippen LogP contribution in [0.15, 0.2) is 42.9 Å². The predicted molar refractivity (Wildman–Crippen MR) is 91.3 cm³/mol. The molecule has 3 aromatic heterocycles. The van der Waals surface area contributed by atoms with Crippen molar-refractivity contribution in [2.24, 2.45) is 0 Å². The Bertz CT molecular complexity index is 906. The number of fused-ring (bicyclic) bond motifs is 1. The van der Waals surface area contributed by atoms with Gasteiger partial charge in [-0.3, -0.25) is 4.79 Å². The van der Waals surface area contributed by atoms with Gasteiger partial charge in [0.15, 0.2) is 5.82 Å². The van der Waals surface area contributed by atoms with Gasteiger partial charge in [-0.25, -0.2) is 19.6 Å². The van der Waals surface area contributed by atoms with Gasteiger partial charge in [-0.05, 0) is 44.4 Å². The van der Waals surface area contributed by atoms with Gasteiger partial charge in [0.05, 0.1) is 6.04 Å².